The average Bonchev–Trinajstić information content (AvgIpc) is 2.82. The number of carbonyl (C=O) groups excluding carboxylic acids is 2. The first-order chi connectivity index (χ1) is 9.99. The highest BCUT2D eigenvalue weighted by Gasteiger charge is 2.48. The molecule has 0 radical (unpaired) electrons. The number of ether oxygens (including phenoxy) is 1. The van der Waals surface area contributed by atoms with Gasteiger partial charge < -0.3 is 14.5 Å². The van der Waals surface area contributed by atoms with Crippen LogP contribution in [0.5, 0.6) is 0 Å². The molecule has 1 atom stereocenters. The fraction of sp³-hybridized carbons (Fsp3) is 0.875. The summed E-state index contributed by atoms with van der Waals surface area (Å²) in [6.07, 6.45) is 3.83. The van der Waals surface area contributed by atoms with Gasteiger partial charge in [0.25, 0.3) is 0 Å². The van der Waals surface area contributed by atoms with E-state index in [-0.39, 0.29) is 17.4 Å². The first-order valence-corrected chi connectivity index (χ1v) is 8.20. The topological polar surface area (TPSA) is 49.9 Å². The molecular weight excluding hydrogens is 268 g/mol. The van der Waals surface area contributed by atoms with Crippen LogP contribution in [0, 0.1) is 11.8 Å². The molecule has 0 unspecified atom stereocenters. The number of amides is 2. The zero-order valence-electron chi connectivity index (χ0n) is 13.1. The molecule has 118 valence electrons. The molecule has 5 heteroatoms. The molecule has 3 aliphatic rings. The lowest BCUT2D eigenvalue weighted by atomic mass is 9.82. The van der Waals surface area contributed by atoms with E-state index in [2.05, 4.69) is 0 Å². The molecule has 0 aromatic heterocycles. The van der Waals surface area contributed by atoms with Crippen LogP contribution in [0.4, 0.5) is 0 Å². The summed E-state index contributed by atoms with van der Waals surface area (Å²) in [6, 6.07) is 0. The number of hydrogen-bond acceptors (Lipinski definition) is 3. The molecule has 0 aromatic rings. The zero-order chi connectivity index (χ0) is 15.0. The maximum absolute atomic E-state index is 11.9. The van der Waals surface area contributed by atoms with E-state index in [0.29, 0.717) is 18.2 Å². The maximum Gasteiger partial charge on any atom is 0.225 e. The summed E-state index contributed by atoms with van der Waals surface area (Å²) < 4.78 is 6.09. The Hall–Kier alpha value is -1.10. The number of hydrogen-bond donors (Lipinski definition) is 0. The summed E-state index contributed by atoms with van der Waals surface area (Å²) in [4.78, 5) is 27.5. The van der Waals surface area contributed by atoms with E-state index in [4.69, 9.17) is 4.74 Å². The highest BCUT2D eigenvalue weighted by molar-refractivity contribution is 5.79. The summed E-state index contributed by atoms with van der Waals surface area (Å²) in [5, 5.41) is 0. The van der Waals surface area contributed by atoms with E-state index in [1.807, 2.05) is 23.6 Å². The zero-order valence-corrected chi connectivity index (χ0v) is 13.1. The molecule has 3 aliphatic heterocycles. The first-order valence-electron chi connectivity index (χ1n) is 8.20. The van der Waals surface area contributed by atoms with Gasteiger partial charge in [-0.3, -0.25) is 9.59 Å². The number of carbonyl (C=O) groups is 2. The second-order valence-corrected chi connectivity index (χ2v) is 7.19. The number of rotatable bonds is 3. The van der Waals surface area contributed by atoms with Gasteiger partial charge in [-0.05, 0) is 19.3 Å². The monoisotopic (exact) mass is 294 g/mol. The fourth-order valence-corrected chi connectivity index (χ4v) is 3.69. The van der Waals surface area contributed by atoms with Gasteiger partial charge in [-0.15, -0.1) is 0 Å². The van der Waals surface area contributed by atoms with Crippen molar-refractivity contribution in [3.05, 3.63) is 0 Å². The van der Waals surface area contributed by atoms with Crippen LogP contribution < -0.4 is 0 Å². The van der Waals surface area contributed by atoms with Crippen molar-refractivity contribution < 1.29 is 14.3 Å². The normalized spacial score (nSPS) is 28.3. The minimum absolute atomic E-state index is 0.0693. The molecule has 1 spiro atoms. The standard InChI is InChI=1S/C16H26N2O3/c1-12(2)15(20)18-10-16(11-18)6-5-13(9-21-16)8-17-7-3-4-14(17)19/h12-13H,3-11H2,1-2H3/t13-/m0/s1. The van der Waals surface area contributed by atoms with Gasteiger partial charge >= 0.3 is 0 Å². The Labute approximate surface area is 126 Å². The lowest BCUT2D eigenvalue weighted by Crippen LogP contribution is -2.67. The van der Waals surface area contributed by atoms with E-state index in [1.54, 1.807) is 0 Å². The van der Waals surface area contributed by atoms with Crippen LogP contribution in [-0.4, -0.2) is 60.0 Å². The van der Waals surface area contributed by atoms with Gasteiger partial charge in [0.15, 0.2) is 0 Å². The summed E-state index contributed by atoms with van der Waals surface area (Å²) in [5.41, 5.74) is -0.0872. The van der Waals surface area contributed by atoms with Crippen molar-refractivity contribution in [2.45, 2.75) is 45.1 Å². The molecule has 21 heavy (non-hydrogen) atoms. The second-order valence-electron chi connectivity index (χ2n) is 7.19. The van der Waals surface area contributed by atoms with Crippen molar-refractivity contribution in [1.29, 1.82) is 0 Å². The lowest BCUT2D eigenvalue weighted by Gasteiger charge is -2.53. The molecule has 0 bridgehead atoms. The predicted molar refractivity (Wildman–Crippen MR) is 78.6 cm³/mol. The largest absolute Gasteiger partial charge is 0.371 e. The molecule has 3 rings (SSSR count). The predicted octanol–water partition coefficient (Wildman–Crippen LogP) is 1.27. The van der Waals surface area contributed by atoms with E-state index < -0.39 is 0 Å². The van der Waals surface area contributed by atoms with E-state index >= 15 is 0 Å². The Morgan fingerprint density at radius 3 is 2.71 bits per heavy atom. The van der Waals surface area contributed by atoms with Gasteiger partial charge in [0.1, 0.15) is 5.60 Å². The van der Waals surface area contributed by atoms with E-state index in [0.717, 1.165) is 52.0 Å². The summed E-state index contributed by atoms with van der Waals surface area (Å²) in [6.45, 7) is 7.88. The van der Waals surface area contributed by atoms with Crippen LogP contribution in [0.3, 0.4) is 0 Å². The Bertz CT molecular complexity index is 419. The molecule has 0 saturated carbocycles. The van der Waals surface area contributed by atoms with Gasteiger partial charge in [-0.2, -0.15) is 0 Å². The molecule has 0 N–H and O–H groups in total. The van der Waals surface area contributed by atoms with Crippen LogP contribution in [0.2, 0.25) is 0 Å². The van der Waals surface area contributed by atoms with Gasteiger partial charge in [-0.1, -0.05) is 13.8 Å². The third-order valence-corrected chi connectivity index (χ3v) is 5.05. The fourth-order valence-electron chi connectivity index (χ4n) is 3.69. The van der Waals surface area contributed by atoms with Crippen LogP contribution in [-0.2, 0) is 14.3 Å². The summed E-state index contributed by atoms with van der Waals surface area (Å²) in [7, 11) is 0. The van der Waals surface area contributed by atoms with Gasteiger partial charge in [0.2, 0.25) is 11.8 Å². The van der Waals surface area contributed by atoms with Gasteiger partial charge in [0.05, 0.1) is 19.7 Å². The highest BCUT2D eigenvalue weighted by atomic mass is 16.5. The maximum atomic E-state index is 11.9. The van der Waals surface area contributed by atoms with Gasteiger partial charge in [0, 0.05) is 31.3 Å². The Balaban J connectivity index is 1.44. The minimum Gasteiger partial charge on any atom is -0.371 e. The third kappa shape index (κ3) is 2.93. The smallest absolute Gasteiger partial charge is 0.225 e. The molecule has 0 aliphatic carbocycles. The highest BCUT2D eigenvalue weighted by Crippen LogP contribution is 2.37. The quantitative estimate of drug-likeness (QED) is 0.787. The van der Waals surface area contributed by atoms with Crippen LogP contribution in [0.1, 0.15) is 39.5 Å². The average molecular weight is 294 g/mol. The third-order valence-electron chi connectivity index (χ3n) is 5.05. The van der Waals surface area contributed by atoms with Crippen molar-refractivity contribution in [3.63, 3.8) is 0 Å². The van der Waals surface area contributed by atoms with Crippen molar-refractivity contribution in [2.75, 3.05) is 32.8 Å². The first kappa shape index (κ1) is 14.8. The van der Waals surface area contributed by atoms with Crippen molar-refractivity contribution >= 4 is 11.8 Å². The minimum atomic E-state index is -0.0872. The molecule has 3 fully saturated rings. The molecule has 5 nitrogen and oxygen atoms in total. The van der Waals surface area contributed by atoms with Crippen molar-refractivity contribution in [2.24, 2.45) is 11.8 Å². The van der Waals surface area contributed by atoms with Gasteiger partial charge in [-0.25, -0.2) is 0 Å². The van der Waals surface area contributed by atoms with Crippen LogP contribution in [0.15, 0.2) is 0 Å². The Morgan fingerprint density at radius 1 is 1.43 bits per heavy atom. The van der Waals surface area contributed by atoms with E-state index in [9.17, 15) is 9.59 Å². The number of likely N-dealkylation sites (tertiary alicyclic amines) is 2. The van der Waals surface area contributed by atoms with Crippen LogP contribution in [0.25, 0.3) is 0 Å². The SMILES string of the molecule is CC(C)C(=O)N1CC2(CC[C@@H](CN3CCCC3=O)CO2)C1. The van der Waals surface area contributed by atoms with Crippen LogP contribution >= 0.6 is 0 Å². The van der Waals surface area contributed by atoms with Crippen molar-refractivity contribution in [1.82, 2.24) is 9.80 Å². The summed E-state index contributed by atoms with van der Waals surface area (Å²) in [5.74, 6) is 1.06. The second kappa shape index (κ2) is 5.59. The molecule has 2 amide bonds. The number of nitrogens with zero attached hydrogens (tertiary/aromatic N) is 2. The van der Waals surface area contributed by atoms with E-state index in [1.165, 1.54) is 0 Å². The molecule has 0 aromatic carbocycles. The lowest BCUT2D eigenvalue weighted by molar-refractivity contribution is -0.191. The van der Waals surface area contributed by atoms with Crippen molar-refractivity contribution in [3.8, 4) is 0 Å². The molecule has 3 saturated heterocycles. The summed E-state index contributed by atoms with van der Waals surface area (Å²) >= 11 is 0. The molecular formula is C16H26N2O3. The Morgan fingerprint density at radius 2 is 2.19 bits per heavy atom. The Kier molecular flexibility index (Phi) is 3.95. The molecule has 3 heterocycles.